The van der Waals surface area contributed by atoms with Gasteiger partial charge in [-0.2, -0.15) is 0 Å². The van der Waals surface area contributed by atoms with Gasteiger partial charge in [0, 0.05) is 29.3 Å². The molecule has 0 aromatic heterocycles. The molecule has 1 nitrogen and oxygen atoms in total. The van der Waals surface area contributed by atoms with Gasteiger partial charge < -0.3 is 4.90 Å². The fraction of sp³-hybridized carbons (Fsp3) is 0.250. The van der Waals surface area contributed by atoms with E-state index in [1.165, 1.54) is 55.9 Å². The molecule has 166 valence electrons. The molecule has 0 heterocycles. The zero-order valence-electron chi connectivity index (χ0n) is 20.7. The Balaban J connectivity index is 1.57. The number of anilines is 2. The van der Waals surface area contributed by atoms with Crippen molar-refractivity contribution in [3.63, 3.8) is 0 Å². The molecule has 0 spiro atoms. The van der Waals surface area contributed by atoms with E-state index in [4.69, 9.17) is 0 Å². The average Bonchev–Trinajstić information content (AvgIpc) is 3.17. The second kappa shape index (κ2) is 7.35. The Morgan fingerprint density at radius 3 is 1.94 bits per heavy atom. The molecule has 0 amide bonds. The molecule has 0 bridgehead atoms. The van der Waals surface area contributed by atoms with Crippen molar-refractivity contribution >= 4 is 16.9 Å². The lowest BCUT2D eigenvalue weighted by molar-refractivity contribution is 0.654. The van der Waals surface area contributed by atoms with E-state index >= 15 is 0 Å². The van der Waals surface area contributed by atoms with Gasteiger partial charge >= 0.3 is 0 Å². The van der Waals surface area contributed by atoms with E-state index in [-0.39, 0.29) is 10.8 Å². The molecule has 0 saturated heterocycles. The van der Waals surface area contributed by atoms with Crippen LogP contribution in [0.1, 0.15) is 56.9 Å². The van der Waals surface area contributed by atoms with E-state index in [0.29, 0.717) is 0 Å². The van der Waals surface area contributed by atoms with Crippen molar-refractivity contribution in [2.75, 3.05) is 11.9 Å². The summed E-state index contributed by atoms with van der Waals surface area (Å²) in [6.45, 7) is 15.5. The number of benzene rings is 3. The van der Waals surface area contributed by atoms with Crippen LogP contribution in [0.3, 0.4) is 0 Å². The number of hydrogen-bond donors (Lipinski definition) is 0. The van der Waals surface area contributed by atoms with Crippen LogP contribution in [0.25, 0.3) is 16.7 Å². The van der Waals surface area contributed by atoms with Gasteiger partial charge in [-0.15, -0.1) is 0 Å². The molecule has 0 N–H and O–H groups in total. The van der Waals surface area contributed by atoms with Crippen molar-refractivity contribution in [1.82, 2.24) is 0 Å². The van der Waals surface area contributed by atoms with Gasteiger partial charge in [0.15, 0.2) is 0 Å². The standard InChI is InChI=1S/C32H33N/c1-8-12-23-25-17-15-21(19-29(25)31(3,4)27(23)9-2)33(7)22-16-18-26-24-13-10-11-14-28(24)32(5,6)30(26)20-22/h8-20H,2H2,1,3-7H3/b12-8-. The molecule has 0 aliphatic heterocycles. The molecule has 5 rings (SSSR count). The molecule has 0 fully saturated rings. The maximum absolute atomic E-state index is 4.12. The summed E-state index contributed by atoms with van der Waals surface area (Å²) in [4.78, 5) is 2.32. The van der Waals surface area contributed by atoms with E-state index in [1.807, 2.05) is 6.08 Å². The van der Waals surface area contributed by atoms with E-state index in [2.05, 4.69) is 126 Å². The quantitative estimate of drug-likeness (QED) is 0.400. The third-order valence-electron chi connectivity index (χ3n) is 7.81. The van der Waals surface area contributed by atoms with Crippen LogP contribution in [0.5, 0.6) is 0 Å². The first-order valence-electron chi connectivity index (χ1n) is 11.8. The molecule has 0 saturated carbocycles. The molecule has 3 aromatic carbocycles. The fourth-order valence-corrected chi connectivity index (χ4v) is 5.88. The SMILES string of the molecule is C=CC1=C(/C=C\C)c2ccc(N(C)c3ccc4c(c3)C(C)(C)c3ccccc3-4)cc2C1(C)C. The van der Waals surface area contributed by atoms with Gasteiger partial charge in [-0.05, 0) is 75.7 Å². The maximum atomic E-state index is 4.12. The van der Waals surface area contributed by atoms with E-state index in [0.717, 1.165) is 0 Å². The van der Waals surface area contributed by atoms with Crippen LogP contribution < -0.4 is 4.90 Å². The number of fused-ring (bicyclic) bond motifs is 4. The van der Waals surface area contributed by atoms with Crippen molar-refractivity contribution in [3.05, 3.63) is 113 Å². The smallest absolute Gasteiger partial charge is 0.0411 e. The van der Waals surface area contributed by atoms with Crippen molar-refractivity contribution in [3.8, 4) is 11.1 Å². The molecular weight excluding hydrogens is 398 g/mol. The predicted molar refractivity (Wildman–Crippen MR) is 143 cm³/mol. The second-order valence-electron chi connectivity index (χ2n) is 10.3. The number of nitrogens with zero attached hydrogens (tertiary/aromatic N) is 1. The summed E-state index contributed by atoms with van der Waals surface area (Å²) >= 11 is 0. The van der Waals surface area contributed by atoms with Crippen molar-refractivity contribution in [2.24, 2.45) is 0 Å². The summed E-state index contributed by atoms with van der Waals surface area (Å²) < 4.78 is 0. The Kier molecular flexibility index (Phi) is 4.79. The number of hydrogen-bond acceptors (Lipinski definition) is 1. The van der Waals surface area contributed by atoms with Crippen LogP contribution in [0, 0.1) is 0 Å². The minimum atomic E-state index is -0.0651. The largest absolute Gasteiger partial charge is 0.345 e. The van der Waals surface area contributed by atoms with Gasteiger partial charge in [0.1, 0.15) is 0 Å². The van der Waals surface area contributed by atoms with Gasteiger partial charge in [-0.25, -0.2) is 0 Å². The zero-order chi connectivity index (χ0) is 23.5. The average molecular weight is 432 g/mol. The van der Waals surface area contributed by atoms with Gasteiger partial charge in [0.2, 0.25) is 0 Å². The van der Waals surface area contributed by atoms with Gasteiger partial charge in [0.05, 0.1) is 0 Å². The van der Waals surface area contributed by atoms with Crippen LogP contribution in [-0.2, 0) is 10.8 Å². The van der Waals surface area contributed by atoms with Crippen LogP contribution >= 0.6 is 0 Å². The minimum Gasteiger partial charge on any atom is -0.345 e. The Bertz CT molecular complexity index is 1350. The predicted octanol–water partition coefficient (Wildman–Crippen LogP) is 8.57. The molecule has 3 aromatic rings. The summed E-state index contributed by atoms with van der Waals surface area (Å²) in [5, 5.41) is 0. The maximum Gasteiger partial charge on any atom is 0.0411 e. The molecule has 1 heteroatoms. The first-order valence-corrected chi connectivity index (χ1v) is 11.8. The lowest BCUT2D eigenvalue weighted by atomic mass is 9.81. The topological polar surface area (TPSA) is 3.24 Å². The molecule has 0 radical (unpaired) electrons. The van der Waals surface area contributed by atoms with Gasteiger partial charge in [0.25, 0.3) is 0 Å². The normalized spacial score (nSPS) is 17.2. The van der Waals surface area contributed by atoms with Crippen molar-refractivity contribution in [1.29, 1.82) is 0 Å². The highest BCUT2D eigenvalue weighted by atomic mass is 15.1. The summed E-state index contributed by atoms with van der Waals surface area (Å²) in [7, 11) is 2.18. The molecule has 0 atom stereocenters. The molecular formula is C32H33N. The second-order valence-corrected chi connectivity index (χ2v) is 10.3. The number of rotatable bonds is 4. The Labute approximate surface area is 198 Å². The lowest BCUT2D eigenvalue weighted by Crippen LogP contribution is -2.18. The first-order chi connectivity index (χ1) is 15.7. The molecule has 2 aliphatic rings. The third-order valence-corrected chi connectivity index (χ3v) is 7.81. The van der Waals surface area contributed by atoms with Crippen molar-refractivity contribution < 1.29 is 0 Å². The Morgan fingerprint density at radius 2 is 1.30 bits per heavy atom. The molecule has 0 unspecified atom stereocenters. The Morgan fingerprint density at radius 1 is 0.727 bits per heavy atom. The van der Waals surface area contributed by atoms with Gasteiger partial charge in [-0.3, -0.25) is 0 Å². The monoisotopic (exact) mass is 431 g/mol. The first kappa shape index (κ1) is 21.5. The molecule has 2 aliphatic carbocycles. The van der Waals surface area contributed by atoms with Crippen molar-refractivity contribution in [2.45, 2.75) is 45.4 Å². The summed E-state index contributed by atoms with van der Waals surface area (Å²) in [6.07, 6.45) is 6.36. The highest BCUT2D eigenvalue weighted by Crippen LogP contribution is 2.51. The Hall–Kier alpha value is -3.32. The summed E-state index contributed by atoms with van der Waals surface area (Å²) in [5.74, 6) is 0. The minimum absolute atomic E-state index is 0.00682. The summed E-state index contributed by atoms with van der Waals surface area (Å²) in [5.41, 5.74) is 13.2. The van der Waals surface area contributed by atoms with E-state index < -0.39 is 0 Å². The fourth-order valence-electron chi connectivity index (χ4n) is 5.88. The van der Waals surface area contributed by atoms with Crippen LogP contribution in [0.2, 0.25) is 0 Å². The van der Waals surface area contributed by atoms with Crippen LogP contribution in [-0.4, -0.2) is 7.05 Å². The van der Waals surface area contributed by atoms with E-state index in [9.17, 15) is 0 Å². The highest BCUT2D eigenvalue weighted by Gasteiger charge is 2.37. The lowest BCUT2D eigenvalue weighted by Gasteiger charge is -2.27. The third kappa shape index (κ3) is 2.99. The van der Waals surface area contributed by atoms with Crippen LogP contribution in [0.4, 0.5) is 11.4 Å². The summed E-state index contributed by atoms with van der Waals surface area (Å²) in [6, 6.07) is 22.6. The highest BCUT2D eigenvalue weighted by molar-refractivity contribution is 5.89. The van der Waals surface area contributed by atoms with E-state index in [1.54, 1.807) is 0 Å². The number of allylic oxidation sites excluding steroid dienone is 5. The van der Waals surface area contributed by atoms with Gasteiger partial charge in [-0.1, -0.05) is 88.9 Å². The zero-order valence-corrected chi connectivity index (χ0v) is 20.7. The van der Waals surface area contributed by atoms with Crippen LogP contribution in [0.15, 0.2) is 91.0 Å². The molecule has 33 heavy (non-hydrogen) atoms.